The lowest BCUT2D eigenvalue weighted by Crippen LogP contribution is -2.49. The first kappa shape index (κ1) is 27.1. The molecule has 8 heteroatoms. The molecule has 0 bridgehead atoms. The third-order valence-corrected chi connectivity index (χ3v) is 7.92. The molecule has 5 rings (SSSR count). The normalized spacial score (nSPS) is 15.8. The van der Waals surface area contributed by atoms with E-state index in [0.717, 1.165) is 49.0 Å². The van der Waals surface area contributed by atoms with Crippen molar-refractivity contribution in [2.24, 2.45) is 5.73 Å². The van der Waals surface area contributed by atoms with Crippen molar-refractivity contribution < 1.29 is 14.7 Å². The highest BCUT2D eigenvalue weighted by atomic mass is 79.9. The van der Waals surface area contributed by atoms with Crippen LogP contribution in [0.3, 0.4) is 0 Å². The van der Waals surface area contributed by atoms with E-state index in [1.54, 1.807) is 18.7 Å². The zero-order valence-corrected chi connectivity index (χ0v) is 23.7. The summed E-state index contributed by atoms with van der Waals surface area (Å²) in [5.74, 6) is -0.353. The van der Waals surface area contributed by atoms with Crippen LogP contribution < -0.4 is 16.0 Å². The number of amides is 2. The van der Waals surface area contributed by atoms with E-state index in [9.17, 15) is 14.7 Å². The molecule has 0 saturated carbocycles. The smallest absolute Gasteiger partial charge is 0.249 e. The summed E-state index contributed by atoms with van der Waals surface area (Å²) in [5, 5.41) is 13.8. The molecule has 1 atom stereocenters. The predicted octanol–water partition coefficient (Wildman–Crippen LogP) is 5.18. The van der Waals surface area contributed by atoms with Crippen molar-refractivity contribution >= 4 is 44.3 Å². The number of aromatic nitrogens is 1. The Morgan fingerprint density at radius 1 is 1.15 bits per heavy atom. The Balaban J connectivity index is 1.47. The number of nitrogens with two attached hydrogens (primary N) is 1. The molecule has 0 aliphatic carbocycles. The fraction of sp³-hybridized carbons (Fsp3) is 0.290. The molecule has 0 spiro atoms. The van der Waals surface area contributed by atoms with E-state index in [2.05, 4.69) is 32.3 Å². The third-order valence-electron chi connectivity index (χ3n) is 7.10. The van der Waals surface area contributed by atoms with Gasteiger partial charge in [0.05, 0.1) is 23.3 Å². The van der Waals surface area contributed by atoms with Crippen LogP contribution in [0.4, 0.5) is 5.69 Å². The summed E-state index contributed by atoms with van der Waals surface area (Å²) in [4.78, 5) is 31.8. The summed E-state index contributed by atoms with van der Waals surface area (Å²) in [6, 6.07) is 21.1. The summed E-state index contributed by atoms with van der Waals surface area (Å²) >= 11 is 3.77. The van der Waals surface area contributed by atoms with Crippen molar-refractivity contribution in [2.45, 2.75) is 57.8 Å². The first-order chi connectivity index (χ1) is 18.6. The summed E-state index contributed by atoms with van der Waals surface area (Å²) in [6.07, 6.45) is 1.36. The number of H-pyrrole nitrogens is 1. The Morgan fingerprint density at radius 2 is 1.90 bits per heavy atom. The van der Waals surface area contributed by atoms with Gasteiger partial charge in [-0.25, -0.2) is 0 Å². The van der Waals surface area contributed by atoms with Gasteiger partial charge in [-0.05, 0) is 77.5 Å². The lowest BCUT2D eigenvalue weighted by Gasteiger charge is -2.27. The standard InChI is InChI=1S/C31H33BrN4O3/c1-31(2,33)16-27(38)34-25-14-12-20-7-4-6-10-26(20)36(30(25)39)17-19-11-13-24-23(15-19)28(32)29(35-24)22-9-5-3-8-21(22)18-37/h3-11,13,15,25,35,37H,12,14,16-18,33H2,1-2H3,(H,34,38)/t25-/m1/s1. The topological polar surface area (TPSA) is 111 Å². The Kier molecular flexibility index (Phi) is 7.62. The van der Waals surface area contributed by atoms with E-state index in [1.807, 2.05) is 60.7 Å². The van der Waals surface area contributed by atoms with Crippen LogP contribution in [0.25, 0.3) is 22.2 Å². The van der Waals surface area contributed by atoms with Crippen molar-refractivity contribution in [1.29, 1.82) is 0 Å². The summed E-state index contributed by atoms with van der Waals surface area (Å²) in [7, 11) is 0. The fourth-order valence-corrected chi connectivity index (χ4v) is 5.89. The Labute approximate surface area is 236 Å². The van der Waals surface area contributed by atoms with Gasteiger partial charge in [0, 0.05) is 34.1 Å². The molecule has 5 N–H and O–H groups in total. The number of anilines is 1. The molecule has 1 aliphatic heterocycles. The van der Waals surface area contributed by atoms with Crippen LogP contribution in [0, 0.1) is 0 Å². The second-order valence-electron chi connectivity index (χ2n) is 10.9. The van der Waals surface area contributed by atoms with Crippen LogP contribution in [-0.2, 0) is 29.2 Å². The van der Waals surface area contributed by atoms with Crippen LogP contribution in [0.2, 0.25) is 0 Å². The molecule has 2 heterocycles. The number of halogens is 1. The minimum absolute atomic E-state index is 0.0554. The van der Waals surface area contributed by atoms with E-state index >= 15 is 0 Å². The molecular formula is C31H33BrN4O3. The van der Waals surface area contributed by atoms with Gasteiger partial charge in [-0.15, -0.1) is 0 Å². The number of aromatic amines is 1. The highest BCUT2D eigenvalue weighted by molar-refractivity contribution is 9.10. The minimum atomic E-state index is -0.656. The first-order valence-corrected chi connectivity index (χ1v) is 13.9. The lowest BCUT2D eigenvalue weighted by molar-refractivity contribution is -0.128. The molecule has 2 amide bonds. The maximum absolute atomic E-state index is 13.8. The van der Waals surface area contributed by atoms with Gasteiger partial charge < -0.3 is 26.0 Å². The van der Waals surface area contributed by atoms with Gasteiger partial charge in [-0.3, -0.25) is 9.59 Å². The van der Waals surface area contributed by atoms with Crippen molar-refractivity contribution in [1.82, 2.24) is 10.3 Å². The Bertz CT molecular complexity index is 1540. The molecular weight excluding hydrogens is 556 g/mol. The molecule has 0 saturated heterocycles. The molecule has 7 nitrogen and oxygen atoms in total. The van der Waals surface area contributed by atoms with E-state index in [-0.39, 0.29) is 24.8 Å². The minimum Gasteiger partial charge on any atom is -0.392 e. The van der Waals surface area contributed by atoms with E-state index in [1.165, 1.54) is 0 Å². The average molecular weight is 590 g/mol. The Hall–Kier alpha value is -3.46. The van der Waals surface area contributed by atoms with Crippen LogP contribution >= 0.6 is 15.9 Å². The van der Waals surface area contributed by atoms with Crippen molar-refractivity contribution in [3.05, 3.63) is 87.9 Å². The van der Waals surface area contributed by atoms with E-state index in [0.29, 0.717) is 19.4 Å². The number of nitrogens with one attached hydrogen (secondary N) is 2. The highest BCUT2D eigenvalue weighted by Crippen LogP contribution is 2.37. The molecule has 3 aromatic carbocycles. The fourth-order valence-electron chi connectivity index (χ4n) is 5.25. The number of aryl methyl sites for hydroxylation is 1. The molecule has 0 radical (unpaired) electrons. The maximum atomic E-state index is 13.8. The lowest BCUT2D eigenvalue weighted by atomic mass is 10.0. The van der Waals surface area contributed by atoms with E-state index < -0.39 is 11.6 Å². The number of aliphatic hydroxyl groups excluding tert-OH is 1. The number of para-hydroxylation sites is 1. The molecule has 1 aromatic heterocycles. The third kappa shape index (κ3) is 5.78. The zero-order chi connectivity index (χ0) is 27.7. The number of hydrogen-bond donors (Lipinski definition) is 4. The highest BCUT2D eigenvalue weighted by Gasteiger charge is 2.32. The molecule has 0 unspecified atom stereocenters. The molecule has 202 valence electrons. The van der Waals surface area contributed by atoms with Crippen LogP contribution in [0.15, 0.2) is 71.2 Å². The van der Waals surface area contributed by atoms with Gasteiger partial charge in [0.25, 0.3) is 0 Å². The number of nitrogens with zero attached hydrogens (tertiary/aromatic N) is 1. The number of hydrogen-bond acceptors (Lipinski definition) is 4. The van der Waals surface area contributed by atoms with Gasteiger partial charge in [-0.1, -0.05) is 48.5 Å². The Morgan fingerprint density at radius 3 is 2.67 bits per heavy atom. The number of carbonyl (C=O) groups is 2. The van der Waals surface area contributed by atoms with Gasteiger partial charge >= 0.3 is 0 Å². The molecule has 39 heavy (non-hydrogen) atoms. The van der Waals surface area contributed by atoms with Crippen molar-refractivity contribution in [3.63, 3.8) is 0 Å². The molecule has 1 aliphatic rings. The predicted molar refractivity (Wildman–Crippen MR) is 158 cm³/mol. The van der Waals surface area contributed by atoms with Crippen molar-refractivity contribution in [2.75, 3.05) is 4.90 Å². The van der Waals surface area contributed by atoms with Crippen LogP contribution in [0.5, 0.6) is 0 Å². The van der Waals surface area contributed by atoms with Gasteiger partial charge in [0.1, 0.15) is 6.04 Å². The number of benzene rings is 3. The zero-order valence-electron chi connectivity index (χ0n) is 22.1. The monoisotopic (exact) mass is 588 g/mol. The van der Waals surface area contributed by atoms with Gasteiger partial charge in [0.2, 0.25) is 11.8 Å². The van der Waals surface area contributed by atoms with Gasteiger partial charge in [0.15, 0.2) is 0 Å². The number of carbonyl (C=O) groups excluding carboxylic acids is 2. The second kappa shape index (κ2) is 11.0. The van der Waals surface area contributed by atoms with Gasteiger partial charge in [-0.2, -0.15) is 0 Å². The largest absolute Gasteiger partial charge is 0.392 e. The number of fused-ring (bicyclic) bond motifs is 2. The van der Waals surface area contributed by atoms with Crippen LogP contribution in [-0.4, -0.2) is 33.5 Å². The summed E-state index contributed by atoms with van der Waals surface area (Å²) in [5.41, 5.74) is 11.9. The first-order valence-electron chi connectivity index (χ1n) is 13.1. The quantitative estimate of drug-likeness (QED) is 0.238. The summed E-state index contributed by atoms with van der Waals surface area (Å²) in [6.45, 7) is 3.90. The second-order valence-corrected chi connectivity index (χ2v) is 11.7. The number of rotatable bonds is 7. The number of aliphatic hydroxyl groups is 1. The summed E-state index contributed by atoms with van der Waals surface area (Å²) < 4.78 is 0.900. The SMILES string of the molecule is CC(C)(N)CC(=O)N[C@@H]1CCc2ccccc2N(Cc2ccc3[nH]c(-c4ccccc4CO)c(Br)c3c2)C1=O. The van der Waals surface area contributed by atoms with Crippen LogP contribution in [0.1, 0.15) is 43.4 Å². The van der Waals surface area contributed by atoms with E-state index in [4.69, 9.17) is 5.73 Å². The maximum Gasteiger partial charge on any atom is 0.249 e. The molecule has 4 aromatic rings. The molecule has 0 fully saturated rings. The van der Waals surface area contributed by atoms with Crippen molar-refractivity contribution in [3.8, 4) is 11.3 Å². The average Bonchev–Trinajstić information content (AvgIpc) is 3.17.